The van der Waals surface area contributed by atoms with Gasteiger partial charge in [-0.25, -0.2) is 4.98 Å². The van der Waals surface area contributed by atoms with Crippen LogP contribution >= 0.6 is 0 Å². The predicted molar refractivity (Wildman–Crippen MR) is 76.8 cm³/mol. The second-order valence-electron chi connectivity index (χ2n) is 4.52. The lowest BCUT2D eigenvalue weighted by atomic mass is 10.2. The number of pyridine rings is 1. The van der Waals surface area contributed by atoms with E-state index in [0.29, 0.717) is 0 Å². The Hall–Kier alpha value is -2.68. The molecular formula is C16H11N3. The van der Waals surface area contributed by atoms with Gasteiger partial charge in [0.15, 0.2) is 0 Å². The molecule has 0 saturated carbocycles. The van der Waals surface area contributed by atoms with E-state index >= 15 is 0 Å². The molecule has 0 bridgehead atoms. The standard InChI is InChI=1S/C16H11N3/c1-2-5-11(6-3-1)16-18-14-9-12-7-4-8-17-13(12)10-15(14)19-16/h1-10H,(H,18,19). The van der Waals surface area contributed by atoms with E-state index in [4.69, 9.17) is 0 Å². The minimum Gasteiger partial charge on any atom is -0.338 e. The van der Waals surface area contributed by atoms with Gasteiger partial charge in [-0.15, -0.1) is 0 Å². The number of hydrogen-bond donors (Lipinski definition) is 1. The number of nitrogens with zero attached hydrogens (tertiary/aromatic N) is 2. The van der Waals surface area contributed by atoms with Crippen molar-refractivity contribution in [3.05, 3.63) is 60.8 Å². The molecule has 0 aliphatic rings. The third-order valence-electron chi connectivity index (χ3n) is 3.25. The van der Waals surface area contributed by atoms with Crippen molar-refractivity contribution >= 4 is 21.9 Å². The molecule has 0 fully saturated rings. The SMILES string of the molecule is c1ccc(-c2nc3cc4ncccc4cc3[nH]2)cc1. The molecule has 0 atom stereocenters. The quantitative estimate of drug-likeness (QED) is 0.554. The average Bonchev–Trinajstić information content (AvgIpc) is 2.88. The minimum absolute atomic E-state index is 0.894. The third kappa shape index (κ3) is 1.67. The molecule has 4 aromatic rings. The molecule has 2 aromatic carbocycles. The predicted octanol–water partition coefficient (Wildman–Crippen LogP) is 3.78. The first-order valence-electron chi connectivity index (χ1n) is 6.20. The monoisotopic (exact) mass is 245 g/mol. The van der Waals surface area contributed by atoms with Gasteiger partial charge >= 0.3 is 0 Å². The number of H-pyrrole nitrogens is 1. The third-order valence-corrected chi connectivity index (χ3v) is 3.25. The van der Waals surface area contributed by atoms with Crippen LogP contribution in [-0.2, 0) is 0 Å². The van der Waals surface area contributed by atoms with Crippen LogP contribution in [0.2, 0.25) is 0 Å². The number of hydrogen-bond acceptors (Lipinski definition) is 2. The zero-order valence-electron chi connectivity index (χ0n) is 10.2. The number of fused-ring (bicyclic) bond motifs is 2. The van der Waals surface area contributed by atoms with E-state index in [1.54, 1.807) is 6.20 Å². The van der Waals surface area contributed by atoms with Gasteiger partial charge in [-0.05, 0) is 18.2 Å². The second kappa shape index (κ2) is 3.92. The lowest BCUT2D eigenvalue weighted by Crippen LogP contribution is -1.77. The highest BCUT2D eigenvalue weighted by Crippen LogP contribution is 2.23. The van der Waals surface area contributed by atoms with Crippen LogP contribution in [0, 0.1) is 0 Å². The number of benzene rings is 2. The lowest BCUT2D eigenvalue weighted by molar-refractivity contribution is 1.34. The van der Waals surface area contributed by atoms with Crippen molar-refractivity contribution in [1.29, 1.82) is 0 Å². The molecule has 0 radical (unpaired) electrons. The van der Waals surface area contributed by atoms with Crippen LogP contribution in [0.5, 0.6) is 0 Å². The van der Waals surface area contributed by atoms with E-state index in [9.17, 15) is 0 Å². The first-order valence-corrected chi connectivity index (χ1v) is 6.20. The smallest absolute Gasteiger partial charge is 0.138 e. The Morgan fingerprint density at radius 1 is 0.842 bits per heavy atom. The summed E-state index contributed by atoms with van der Waals surface area (Å²) in [6.07, 6.45) is 1.80. The van der Waals surface area contributed by atoms with Gasteiger partial charge in [0.25, 0.3) is 0 Å². The summed E-state index contributed by atoms with van der Waals surface area (Å²) >= 11 is 0. The number of imidazole rings is 1. The maximum absolute atomic E-state index is 4.64. The van der Waals surface area contributed by atoms with Crippen molar-refractivity contribution in [3.63, 3.8) is 0 Å². The highest BCUT2D eigenvalue weighted by atomic mass is 14.9. The van der Waals surface area contributed by atoms with Gasteiger partial charge in [-0.3, -0.25) is 4.98 Å². The Labute approximate surface area is 110 Å². The molecule has 4 rings (SSSR count). The normalized spacial score (nSPS) is 11.2. The molecule has 1 N–H and O–H groups in total. The highest BCUT2D eigenvalue weighted by Gasteiger charge is 2.06. The minimum atomic E-state index is 0.894. The Kier molecular flexibility index (Phi) is 2.12. The molecule has 90 valence electrons. The zero-order valence-corrected chi connectivity index (χ0v) is 10.2. The van der Waals surface area contributed by atoms with Gasteiger partial charge in [-0.2, -0.15) is 0 Å². The van der Waals surface area contributed by atoms with E-state index < -0.39 is 0 Å². The molecular weight excluding hydrogens is 234 g/mol. The van der Waals surface area contributed by atoms with Gasteiger partial charge in [0.2, 0.25) is 0 Å². The van der Waals surface area contributed by atoms with Crippen molar-refractivity contribution in [2.24, 2.45) is 0 Å². The molecule has 0 unspecified atom stereocenters. The van der Waals surface area contributed by atoms with Gasteiger partial charge in [0.05, 0.1) is 16.6 Å². The Balaban J connectivity index is 1.98. The molecule has 3 heteroatoms. The Morgan fingerprint density at radius 2 is 1.74 bits per heavy atom. The van der Waals surface area contributed by atoms with Crippen LogP contribution in [0.1, 0.15) is 0 Å². The van der Waals surface area contributed by atoms with Crippen molar-refractivity contribution in [2.45, 2.75) is 0 Å². The summed E-state index contributed by atoms with van der Waals surface area (Å²) in [5.41, 5.74) is 4.06. The van der Waals surface area contributed by atoms with Crippen LogP contribution in [0.15, 0.2) is 60.8 Å². The summed E-state index contributed by atoms with van der Waals surface area (Å²) in [7, 11) is 0. The van der Waals surface area contributed by atoms with E-state index in [1.807, 2.05) is 30.3 Å². The molecule has 0 saturated heterocycles. The first kappa shape index (κ1) is 10.3. The van der Waals surface area contributed by atoms with Crippen LogP contribution in [0.3, 0.4) is 0 Å². The molecule has 0 aliphatic heterocycles. The molecule has 2 heterocycles. The summed E-state index contributed by atoms with van der Waals surface area (Å²) < 4.78 is 0. The fraction of sp³-hybridized carbons (Fsp3) is 0. The Bertz CT molecular complexity index is 810. The highest BCUT2D eigenvalue weighted by molar-refractivity contribution is 5.94. The number of aromatic nitrogens is 3. The zero-order chi connectivity index (χ0) is 12.7. The van der Waals surface area contributed by atoms with Gasteiger partial charge in [0, 0.05) is 17.1 Å². The van der Waals surface area contributed by atoms with Crippen molar-refractivity contribution in [1.82, 2.24) is 15.0 Å². The van der Waals surface area contributed by atoms with Gasteiger partial charge < -0.3 is 4.98 Å². The van der Waals surface area contributed by atoms with Crippen LogP contribution in [-0.4, -0.2) is 15.0 Å². The number of nitrogens with one attached hydrogen (secondary N) is 1. The van der Waals surface area contributed by atoms with E-state index in [-0.39, 0.29) is 0 Å². The molecule has 0 amide bonds. The maximum Gasteiger partial charge on any atom is 0.138 e. The fourth-order valence-corrected chi connectivity index (χ4v) is 2.31. The van der Waals surface area contributed by atoms with Crippen molar-refractivity contribution in [3.8, 4) is 11.4 Å². The van der Waals surface area contributed by atoms with Crippen molar-refractivity contribution < 1.29 is 0 Å². The molecule has 0 aliphatic carbocycles. The topological polar surface area (TPSA) is 41.6 Å². The lowest BCUT2D eigenvalue weighted by Gasteiger charge is -1.95. The largest absolute Gasteiger partial charge is 0.338 e. The van der Waals surface area contributed by atoms with E-state index in [0.717, 1.165) is 33.3 Å². The van der Waals surface area contributed by atoms with Gasteiger partial charge in [0.1, 0.15) is 5.82 Å². The van der Waals surface area contributed by atoms with Crippen LogP contribution < -0.4 is 0 Å². The van der Waals surface area contributed by atoms with Crippen molar-refractivity contribution in [2.75, 3.05) is 0 Å². The molecule has 0 spiro atoms. The van der Waals surface area contributed by atoms with E-state index in [1.165, 1.54) is 0 Å². The maximum atomic E-state index is 4.64. The van der Waals surface area contributed by atoms with Crippen LogP contribution in [0.25, 0.3) is 33.3 Å². The first-order chi connectivity index (χ1) is 9.40. The van der Waals surface area contributed by atoms with E-state index in [2.05, 4.69) is 39.2 Å². The molecule has 19 heavy (non-hydrogen) atoms. The summed E-state index contributed by atoms with van der Waals surface area (Å²) in [6, 6.07) is 18.3. The molecule has 2 aromatic heterocycles. The summed E-state index contributed by atoms with van der Waals surface area (Å²) in [4.78, 5) is 12.4. The van der Waals surface area contributed by atoms with Crippen LogP contribution in [0.4, 0.5) is 0 Å². The number of aromatic amines is 1. The fourth-order valence-electron chi connectivity index (χ4n) is 2.31. The summed E-state index contributed by atoms with van der Waals surface area (Å²) in [5.74, 6) is 0.894. The number of rotatable bonds is 1. The Morgan fingerprint density at radius 3 is 2.63 bits per heavy atom. The second-order valence-corrected chi connectivity index (χ2v) is 4.52. The summed E-state index contributed by atoms with van der Waals surface area (Å²) in [5, 5.41) is 1.12. The molecule has 3 nitrogen and oxygen atoms in total. The average molecular weight is 245 g/mol. The summed E-state index contributed by atoms with van der Waals surface area (Å²) in [6.45, 7) is 0. The van der Waals surface area contributed by atoms with Gasteiger partial charge in [-0.1, -0.05) is 36.4 Å².